The number of aromatic amines is 1. The summed E-state index contributed by atoms with van der Waals surface area (Å²) < 4.78 is 10.5. The second-order valence-electron chi connectivity index (χ2n) is 5.79. The van der Waals surface area contributed by atoms with Crippen molar-refractivity contribution in [2.45, 2.75) is 6.42 Å². The molecule has 0 aliphatic rings. The van der Waals surface area contributed by atoms with Crippen molar-refractivity contribution in [1.82, 2.24) is 15.5 Å². The van der Waals surface area contributed by atoms with Crippen LogP contribution in [0.1, 0.15) is 15.9 Å². The van der Waals surface area contributed by atoms with E-state index in [0.717, 1.165) is 28.2 Å². The van der Waals surface area contributed by atoms with E-state index < -0.39 is 0 Å². The number of nitrogens with zero attached hydrogens (tertiary/aromatic N) is 1. The van der Waals surface area contributed by atoms with Crippen LogP contribution in [-0.4, -0.2) is 36.9 Å². The molecule has 0 aliphatic heterocycles. The molecule has 2 N–H and O–H groups in total. The van der Waals surface area contributed by atoms with Gasteiger partial charge in [0.25, 0.3) is 5.91 Å². The highest BCUT2D eigenvalue weighted by Gasteiger charge is 2.08. The van der Waals surface area contributed by atoms with Crippen molar-refractivity contribution < 1.29 is 14.3 Å². The standard InChI is InChI=1S/C20H21N3O3/c1-25-18-8-14(9-19(11-18)26-2)6-7-21-20(24)16-5-3-4-15(10-16)17-12-22-23-13-17/h3-5,8-13H,6-7H2,1-2H3,(H,21,24)(H,22,23). The topological polar surface area (TPSA) is 76.2 Å². The molecule has 0 fully saturated rings. The predicted octanol–water partition coefficient (Wildman–Crippen LogP) is 3.07. The summed E-state index contributed by atoms with van der Waals surface area (Å²) in [6, 6.07) is 13.2. The molecule has 0 unspecified atom stereocenters. The summed E-state index contributed by atoms with van der Waals surface area (Å²) in [5.74, 6) is 1.36. The zero-order valence-corrected chi connectivity index (χ0v) is 14.8. The van der Waals surface area contributed by atoms with Gasteiger partial charge in [0.05, 0.1) is 20.4 Å². The maximum atomic E-state index is 12.4. The van der Waals surface area contributed by atoms with E-state index in [0.29, 0.717) is 18.5 Å². The molecule has 0 atom stereocenters. The van der Waals surface area contributed by atoms with Crippen molar-refractivity contribution in [2.75, 3.05) is 20.8 Å². The number of ether oxygens (including phenoxy) is 2. The third-order valence-electron chi connectivity index (χ3n) is 4.07. The van der Waals surface area contributed by atoms with Gasteiger partial charge >= 0.3 is 0 Å². The average Bonchev–Trinajstić information content (AvgIpc) is 3.22. The number of aromatic nitrogens is 2. The molecule has 1 aromatic heterocycles. The summed E-state index contributed by atoms with van der Waals surface area (Å²) in [5, 5.41) is 9.67. The van der Waals surface area contributed by atoms with Crippen LogP contribution >= 0.6 is 0 Å². The first kappa shape index (κ1) is 17.5. The molecule has 3 aromatic rings. The van der Waals surface area contributed by atoms with Crippen LogP contribution in [0.15, 0.2) is 54.9 Å². The highest BCUT2D eigenvalue weighted by molar-refractivity contribution is 5.95. The Balaban J connectivity index is 1.62. The van der Waals surface area contributed by atoms with Gasteiger partial charge in [0.2, 0.25) is 0 Å². The van der Waals surface area contributed by atoms with Crippen molar-refractivity contribution in [3.8, 4) is 22.6 Å². The maximum Gasteiger partial charge on any atom is 0.251 e. The van der Waals surface area contributed by atoms with E-state index >= 15 is 0 Å². The molecule has 0 saturated heterocycles. The van der Waals surface area contributed by atoms with Crippen LogP contribution in [0.3, 0.4) is 0 Å². The van der Waals surface area contributed by atoms with Crippen LogP contribution in [0.25, 0.3) is 11.1 Å². The number of methoxy groups -OCH3 is 2. The Morgan fingerprint density at radius 3 is 2.50 bits per heavy atom. The summed E-state index contributed by atoms with van der Waals surface area (Å²) >= 11 is 0. The number of carbonyl (C=O) groups is 1. The Morgan fingerprint density at radius 1 is 1.08 bits per heavy atom. The average molecular weight is 351 g/mol. The Kier molecular flexibility index (Phi) is 5.53. The van der Waals surface area contributed by atoms with Crippen LogP contribution in [0.5, 0.6) is 11.5 Å². The fraction of sp³-hybridized carbons (Fsp3) is 0.200. The smallest absolute Gasteiger partial charge is 0.251 e. The first-order chi connectivity index (χ1) is 12.7. The first-order valence-electron chi connectivity index (χ1n) is 8.29. The van der Waals surface area contributed by atoms with E-state index in [1.54, 1.807) is 32.7 Å². The van der Waals surface area contributed by atoms with E-state index in [4.69, 9.17) is 9.47 Å². The van der Waals surface area contributed by atoms with Crippen molar-refractivity contribution in [2.24, 2.45) is 0 Å². The minimum Gasteiger partial charge on any atom is -0.497 e. The number of hydrogen-bond donors (Lipinski definition) is 2. The molecule has 0 radical (unpaired) electrons. The minimum atomic E-state index is -0.106. The monoisotopic (exact) mass is 351 g/mol. The van der Waals surface area contributed by atoms with Gasteiger partial charge in [0, 0.05) is 29.9 Å². The second kappa shape index (κ2) is 8.20. The van der Waals surface area contributed by atoms with E-state index in [1.165, 1.54) is 0 Å². The number of hydrogen-bond acceptors (Lipinski definition) is 4. The predicted molar refractivity (Wildman–Crippen MR) is 99.6 cm³/mol. The lowest BCUT2D eigenvalue weighted by Gasteiger charge is -2.10. The zero-order chi connectivity index (χ0) is 18.4. The first-order valence-corrected chi connectivity index (χ1v) is 8.29. The van der Waals surface area contributed by atoms with Gasteiger partial charge in [-0.25, -0.2) is 0 Å². The van der Waals surface area contributed by atoms with Crippen molar-refractivity contribution in [3.63, 3.8) is 0 Å². The molecule has 1 amide bonds. The molecule has 6 nitrogen and oxygen atoms in total. The van der Waals surface area contributed by atoms with E-state index in [9.17, 15) is 4.79 Å². The van der Waals surface area contributed by atoms with Crippen LogP contribution in [0.4, 0.5) is 0 Å². The van der Waals surface area contributed by atoms with Gasteiger partial charge in [-0.2, -0.15) is 5.10 Å². The summed E-state index contributed by atoms with van der Waals surface area (Å²) in [4.78, 5) is 12.4. The number of amides is 1. The van der Waals surface area contributed by atoms with Crippen LogP contribution in [-0.2, 0) is 6.42 Å². The number of carbonyl (C=O) groups excluding carboxylic acids is 1. The lowest BCUT2D eigenvalue weighted by atomic mass is 10.1. The summed E-state index contributed by atoms with van der Waals surface area (Å²) in [6.07, 6.45) is 4.21. The van der Waals surface area contributed by atoms with Gasteiger partial charge in [-0.1, -0.05) is 12.1 Å². The van der Waals surface area contributed by atoms with Crippen molar-refractivity contribution >= 4 is 5.91 Å². The van der Waals surface area contributed by atoms with E-state index in [2.05, 4.69) is 15.5 Å². The summed E-state index contributed by atoms with van der Waals surface area (Å²) in [6.45, 7) is 0.519. The molecule has 26 heavy (non-hydrogen) atoms. The normalized spacial score (nSPS) is 10.4. The minimum absolute atomic E-state index is 0.106. The highest BCUT2D eigenvalue weighted by atomic mass is 16.5. The molecular formula is C20H21N3O3. The number of nitrogens with one attached hydrogen (secondary N) is 2. The van der Waals surface area contributed by atoms with Crippen LogP contribution < -0.4 is 14.8 Å². The largest absolute Gasteiger partial charge is 0.497 e. The quantitative estimate of drug-likeness (QED) is 0.686. The molecule has 0 spiro atoms. The second-order valence-corrected chi connectivity index (χ2v) is 5.79. The van der Waals surface area contributed by atoms with Gasteiger partial charge in [-0.15, -0.1) is 0 Å². The highest BCUT2D eigenvalue weighted by Crippen LogP contribution is 2.22. The lowest BCUT2D eigenvalue weighted by molar-refractivity contribution is 0.0954. The van der Waals surface area contributed by atoms with Gasteiger partial charge in [0.15, 0.2) is 0 Å². The van der Waals surface area contributed by atoms with Gasteiger partial charge in [-0.05, 0) is 41.8 Å². The fourth-order valence-electron chi connectivity index (χ4n) is 2.68. The molecule has 2 aromatic carbocycles. The van der Waals surface area contributed by atoms with Crippen molar-refractivity contribution in [1.29, 1.82) is 0 Å². The summed E-state index contributed by atoms with van der Waals surface area (Å²) in [5.41, 5.74) is 3.55. The lowest BCUT2D eigenvalue weighted by Crippen LogP contribution is -2.25. The Morgan fingerprint density at radius 2 is 1.85 bits per heavy atom. The Labute approximate surface area is 152 Å². The molecule has 1 heterocycles. The van der Waals surface area contributed by atoms with Crippen molar-refractivity contribution in [3.05, 3.63) is 66.0 Å². The molecular weight excluding hydrogens is 330 g/mol. The molecule has 0 aliphatic carbocycles. The van der Waals surface area contributed by atoms with Crippen LogP contribution in [0.2, 0.25) is 0 Å². The number of rotatable bonds is 7. The van der Waals surface area contributed by atoms with Gasteiger partial charge in [-0.3, -0.25) is 9.89 Å². The Bertz CT molecular complexity index is 854. The molecule has 0 saturated carbocycles. The zero-order valence-electron chi connectivity index (χ0n) is 14.8. The van der Waals surface area contributed by atoms with E-state index in [-0.39, 0.29) is 5.91 Å². The SMILES string of the molecule is COc1cc(CCNC(=O)c2cccc(-c3cn[nH]c3)c2)cc(OC)c1. The number of H-pyrrole nitrogens is 1. The maximum absolute atomic E-state index is 12.4. The molecule has 3 rings (SSSR count). The molecule has 0 bridgehead atoms. The Hall–Kier alpha value is -3.28. The number of benzene rings is 2. The van der Waals surface area contributed by atoms with Gasteiger partial charge < -0.3 is 14.8 Å². The third kappa shape index (κ3) is 4.22. The van der Waals surface area contributed by atoms with Gasteiger partial charge in [0.1, 0.15) is 11.5 Å². The van der Waals surface area contributed by atoms with Crippen LogP contribution in [0, 0.1) is 0 Å². The fourth-order valence-corrected chi connectivity index (χ4v) is 2.68. The summed E-state index contributed by atoms with van der Waals surface area (Å²) in [7, 11) is 3.24. The molecule has 134 valence electrons. The molecule has 6 heteroatoms. The van der Waals surface area contributed by atoms with E-state index in [1.807, 2.05) is 36.4 Å². The third-order valence-corrected chi connectivity index (χ3v) is 4.07.